The molecule has 0 fully saturated rings. The average molecular weight is 371 g/mol. The van der Waals surface area contributed by atoms with Crippen molar-refractivity contribution in [3.05, 3.63) is 59.4 Å². The third kappa shape index (κ3) is 4.15. The van der Waals surface area contributed by atoms with E-state index in [2.05, 4.69) is 20.6 Å². The number of nitrogens with one attached hydrogen (secondary N) is 2. The van der Waals surface area contributed by atoms with Gasteiger partial charge in [0.25, 0.3) is 0 Å². The molecule has 1 aromatic heterocycles. The molecule has 2 aromatic carbocycles. The maximum absolute atomic E-state index is 6.15. The fourth-order valence-electron chi connectivity index (χ4n) is 2.41. The molecule has 0 atom stereocenters. The van der Waals surface area contributed by atoms with E-state index in [-0.39, 0.29) is 0 Å². The van der Waals surface area contributed by atoms with Crippen LogP contribution in [0.25, 0.3) is 0 Å². The quantitative estimate of drug-likeness (QED) is 0.640. The lowest BCUT2D eigenvalue weighted by molar-refractivity contribution is 0.415. The first-order valence-electron chi connectivity index (χ1n) is 7.93. The van der Waals surface area contributed by atoms with Gasteiger partial charge in [0.05, 0.1) is 19.9 Å². The van der Waals surface area contributed by atoms with E-state index in [1.807, 2.05) is 43.3 Å². The molecule has 0 saturated heterocycles. The Morgan fingerprint density at radius 3 is 2.42 bits per heavy atom. The number of anilines is 4. The van der Waals surface area contributed by atoms with Crippen LogP contribution in [0.4, 0.5) is 23.0 Å². The fourth-order valence-corrected chi connectivity index (χ4v) is 2.56. The van der Waals surface area contributed by atoms with Crippen molar-refractivity contribution in [2.24, 2.45) is 0 Å². The number of benzene rings is 2. The van der Waals surface area contributed by atoms with Crippen LogP contribution in [0.3, 0.4) is 0 Å². The highest BCUT2D eigenvalue weighted by atomic mass is 35.5. The van der Waals surface area contributed by atoms with Gasteiger partial charge in [0.15, 0.2) is 0 Å². The second-order valence-electron chi connectivity index (χ2n) is 5.57. The van der Waals surface area contributed by atoms with E-state index in [0.29, 0.717) is 22.4 Å². The summed E-state index contributed by atoms with van der Waals surface area (Å²) in [7, 11) is 3.23. The summed E-state index contributed by atoms with van der Waals surface area (Å²) in [6.07, 6.45) is 1.49. The highest BCUT2D eigenvalue weighted by molar-refractivity contribution is 6.31. The molecule has 134 valence electrons. The lowest BCUT2D eigenvalue weighted by Crippen LogP contribution is -2.00. The first-order chi connectivity index (χ1) is 12.6. The summed E-state index contributed by atoms with van der Waals surface area (Å²) in [5.41, 5.74) is 2.59. The Kier molecular flexibility index (Phi) is 5.43. The normalized spacial score (nSPS) is 10.3. The molecule has 0 spiro atoms. The van der Waals surface area contributed by atoms with Gasteiger partial charge in [-0.25, -0.2) is 9.97 Å². The van der Waals surface area contributed by atoms with E-state index in [1.54, 1.807) is 20.3 Å². The van der Waals surface area contributed by atoms with E-state index in [9.17, 15) is 0 Å². The van der Waals surface area contributed by atoms with Gasteiger partial charge < -0.3 is 20.1 Å². The van der Waals surface area contributed by atoms with Crippen molar-refractivity contribution in [2.75, 3.05) is 24.9 Å². The smallest absolute Gasteiger partial charge is 0.143 e. The maximum atomic E-state index is 6.15. The van der Waals surface area contributed by atoms with Crippen molar-refractivity contribution in [3.63, 3.8) is 0 Å². The molecular weight excluding hydrogens is 352 g/mol. The van der Waals surface area contributed by atoms with Crippen LogP contribution in [0.15, 0.2) is 48.8 Å². The van der Waals surface area contributed by atoms with Crippen LogP contribution in [0.5, 0.6) is 11.5 Å². The van der Waals surface area contributed by atoms with Crippen LogP contribution in [-0.2, 0) is 0 Å². The number of halogens is 1. The largest absolute Gasteiger partial charge is 0.497 e. The number of aryl methyl sites for hydroxylation is 1. The van der Waals surface area contributed by atoms with Crippen LogP contribution >= 0.6 is 11.6 Å². The molecule has 7 heteroatoms. The standard InChI is InChI=1S/C19H19ClN4O2/c1-12-7-16(17(26-3)9-15(12)20)24-19-10-18(21-11-22-19)23-13-5-4-6-14(8-13)25-2/h4-11H,1-3H3,(H2,21,22,23,24). The molecule has 0 aliphatic heterocycles. The molecule has 1 heterocycles. The van der Waals surface area contributed by atoms with E-state index in [0.717, 1.165) is 22.7 Å². The van der Waals surface area contributed by atoms with Gasteiger partial charge in [0.2, 0.25) is 0 Å². The fraction of sp³-hybridized carbons (Fsp3) is 0.158. The zero-order valence-corrected chi connectivity index (χ0v) is 15.5. The minimum absolute atomic E-state index is 0.630. The van der Waals surface area contributed by atoms with E-state index in [4.69, 9.17) is 21.1 Å². The highest BCUT2D eigenvalue weighted by Gasteiger charge is 2.09. The Bertz CT molecular complexity index is 918. The lowest BCUT2D eigenvalue weighted by atomic mass is 10.2. The summed E-state index contributed by atoms with van der Waals surface area (Å²) >= 11 is 6.15. The second-order valence-corrected chi connectivity index (χ2v) is 5.98. The second kappa shape index (κ2) is 7.93. The number of aromatic nitrogens is 2. The van der Waals surface area contributed by atoms with E-state index < -0.39 is 0 Å². The Morgan fingerprint density at radius 1 is 0.923 bits per heavy atom. The molecule has 0 unspecified atom stereocenters. The number of hydrogen-bond acceptors (Lipinski definition) is 6. The molecule has 26 heavy (non-hydrogen) atoms. The third-order valence-electron chi connectivity index (χ3n) is 3.75. The van der Waals surface area contributed by atoms with Gasteiger partial charge in [-0.05, 0) is 30.7 Å². The summed E-state index contributed by atoms with van der Waals surface area (Å²) in [6.45, 7) is 1.93. The monoisotopic (exact) mass is 370 g/mol. The zero-order chi connectivity index (χ0) is 18.5. The summed E-state index contributed by atoms with van der Waals surface area (Å²) in [5.74, 6) is 2.69. The van der Waals surface area contributed by atoms with Crippen molar-refractivity contribution >= 4 is 34.6 Å². The van der Waals surface area contributed by atoms with Gasteiger partial charge >= 0.3 is 0 Å². The summed E-state index contributed by atoms with van der Waals surface area (Å²) in [4.78, 5) is 8.51. The molecule has 0 bridgehead atoms. The molecule has 2 N–H and O–H groups in total. The van der Waals surface area contributed by atoms with Crippen molar-refractivity contribution in [1.82, 2.24) is 9.97 Å². The number of rotatable bonds is 6. The molecule has 0 amide bonds. The number of methoxy groups -OCH3 is 2. The predicted octanol–water partition coefficient (Wildman–Crippen LogP) is 4.94. The molecule has 0 aliphatic rings. The molecule has 6 nitrogen and oxygen atoms in total. The highest BCUT2D eigenvalue weighted by Crippen LogP contribution is 2.33. The maximum Gasteiger partial charge on any atom is 0.143 e. The molecule has 0 radical (unpaired) electrons. The van der Waals surface area contributed by atoms with Crippen molar-refractivity contribution in [2.45, 2.75) is 6.92 Å². The summed E-state index contributed by atoms with van der Waals surface area (Å²) < 4.78 is 10.6. The van der Waals surface area contributed by atoms with Crippen molar-refractivity contribution < 1.29 is 9.47 Å². The molecule has 0 saturated carbocycles. The Labute approximate surface area is 157 Å². The van der Waals surface area contributed by atoms with E-state index in [1.165, 1.54) is 6.33 Å². The minimum Gasteiger partial charge on any atom is -0.497 e. The Balaban J connectivity index is 1.82. The molecule has 3 rings (SSSR count). The lowest BCUT2D eigenvalue weighted by Gasteiger charge is -2.13. The van der Waals surface area contributed by atoms with Gasteiger partial charge in [-0.2, -0.15) is 0 Å². The number of hydrogen-bond donors (Lipinski definition) is 2. The first kappa shape index (κ1) is 17.8. The van der Waals surface area contributed by atoms with Crippen molar-refractivity contribution in [1.29, 1.82) is 0 Å². The minimum atomic E-state index is 0.630. The number of ether oxygens (including phenoxy) is 2. The first-order valence-corrected chi connectivity index (χ1v) is 8.31. The number of nitrogens with zero attached hydrogens (tertiary/aromatic N) is 2. The van der Waals surface area contributed by atoms with Gasteiger partial charge in [0, 0.05) is 28.9 Å². The molecule has 0 aliphatic carbocycles. The predicted molar refractivity (Wildman–Crippen MR) is 104 cm³/mol. The zero-order valence-electron chi connectivity index (χ0n) is 14.7. The van der Waals surface area contributed by atoms with Gasteiger partial charge in [0.1, 0.15) is 29.5 Å². The van der Waals surface area contributed by atoms with Crippen LogP contribution in [0, 0.1) is 6.92 Å². The van der Waals surface area contributed by atoms with Crippen LogP contribution < -0.4 is 20.1 Å². The summed E-state index contributed by atoms with van der Waals surface area (Å²) in [6, 6.07) is 13.1. The van der Waals surface area contributed by atoms with Gasteiger partial charge in [-0.3, -0.25) is 0 Å². The van der Waals surface area contributed by atoms with Gasteiger partial charge in [-0.1, -0.05) is 17.7 Å². The topological polar surface area (TPSA) is 68.3 Å². The van der Waals surface area contributed by atoms with Gasteiger partial charge in [-0.15, -0.1) is 0 Å². The molecule has 3 aromatic rings. The average Bonchev–Trinajstić information content (AvgIpc) is 2.65. The summed E-state index contributed by atoms with van der Waals surface area (Å²) in [5, 5.41) is 7.12. The Hall–Kier alpha value is -2.99. The van der Waals surface area contributed by atoms with Crippen LogP contribution in [0.2, 0.25) is 5.02 Å². The Morgan fingerprint density at radius 2 is 1.69 bits per heavy atom. The molecular formula is C19H19ClN4O2. The third-order valence-corrected chi connectivity index (χ3v) is 4.16. The van der Waals surface area contributed by atoms with E-state index >= 15 is 0 Å². The SMILES string of the molecule is COc1cccc(Nc2cc(Nc3cc(C)c(Cl)cc3OC)ncn2)c1. The van der Waals surface area contributed by atoms with Crippen LogP contribution in [-0.4, -0.2) is 24.2 Å². The van der Waals surface area contributed by atoms with Crippen LogP contribution in [0.1, 0.15) is 5.56 Å². The van der Waals surface area contributed by atoms with Crippen molar-refractivity contribution in [3.8, 4) is 11.5 Å².